The second kappa shape index (κ2) is 6.80. The summed E-state index contributed by atoms with van der Waals surface area (Å²) in [6.45, 7) is 0.158. The van der Waals surface area contributed by atoms with Crippen LogP contribution >= 0.6 is 11.6 Å². The molecule has 0 aromatic heterocycles. The first-order chi connectivity index (χ1) is 12.4. The number of alkyl halides is 1. The highest BCUT2D eigenvalue weighted by Crippen LogP contribution is 2.55. The van der Waals surface area contributed by atoms with Crippen LogP contribution in [0.2, 0.25) is 0 Å². The van der Waals surface area contributed by atoms with E-state index in [1.54, 1.807) is 30.3 Å². The fourth-order valence-corrected chi connectivity index (χ4v) is 6.59. The van der Waals surface area contributed by atoms with E-state index in [2.05, 4.69) is 10.0 Å². The molecule has 0 radical (unpaired) electrons. The van der Waals surface area contributed by atoms with Gasteiger partial charge in [-0.25, -0.2) is 13.1 Å². The van der Waals surface area contributed by atoms with E-state index in [4.69, 9.17) is 11.6 Å². The molecule has 1 aromatic rings. The molecule has 0 saturated heterocycles. The molecular formula is C19H25ClN2O3S. The van der Waals surface area contributed by atoms with Gasteiger partial charge in [0.1, 0.15) is 0 Å². The van der Waals surface area contributed by atoms with E-state index in [-0.39, 0.29) is 12.1 Å². The zero-order valence-corrected chi connectivity index (χ0v) is 16.2. The van der Waals surface area contributed by atoms with E-state index in [1.807, 2.05) is 0 Å². The number of benzene rings is 1. The molecule has 2 N–H and O–H groups in total. The number of rotatable bonds is 6. The van der Waals surface area contributed by atoms with E-state index in [0.717, 1.165) is 37.0 Å². The Morgan fingerprint density at radius 1 is 1.08 bits per heavy atom. The lowest BCUT2D eigenvalue weighted by molar-refractivity contribution is -0.0188. The standard InChI is InChI=1S/C19H25ClN2O3S/c20-17(26(24,25)22-18(23)16-4-2-1-3-5-16)12-21-19-9-13-6-14(10-19)8-15(7-13)11-19/h1-5,13-15,17,21H,6-12H2,(H,22,23). The summed E-state index contributed by atoms with van der Waals surface area (Å²) in [7, 11) is -3.94. The number of carbonyl (C=O) groups excluding carboxylic acids is 1. The second-order valence-electron chi connectivity index (χ2n) is 8.33. The van der Waals surface area contributed by atoms with Gasteiger partial charge in [0.2, 0.25) is 0 Å². The highest BCUT2D eigenvalue weighted by atomic mass is 35.5. The van der Waals surface area contributed by atoms with Crippen molar-refractivity contribution in [3.63, 3.8) is 0 Å². The molecule has 4 aliphatic carbocycles. The minimum Gasteiger partial charge on any atom is -0.309 e. The van der Waals surface area contributed by atoms with Crippen LogP contribution < -0.4 is 10.0 Å². The van der Waals surface area contributed by atoms with Crippen molar-refractivity contribution in [2.24, 2.45) is 17.8 Å². The van der Waals surface area contributed by atoms with Crippen molar-refractivity contribution in [1.82, 2.24) is 10.0 Å². The molecule has 1 atom stereocenters. The minimum absolute atomic E-state index is 0.0425. The Labute approximate surface area is 159 Å². The van der Waals surface area contributed by atoms with Gasteiger partial charge in [0.25, 0.3) is 15.9 Å². The Balaban J connectivity index is 1.37. The smallest absolute Gasteiger partial charge is 0.264 e. The lowest BCUT2D eigenvalue weighted by atomic mass is 9.53. The molecule has 142 valence electrons. The average Bonchev–Trinajstić information content (AvgIpc) is 2.59. The fraction of sp³-hybridized carbons (Fsp3) is 0.632. The van der Waals surface area contributed by atoms with Crippen LogP contribution in [0.25, 0.3) is 0 Å². The molecule has 1 unspecified atom stereocenters. The van der Waals surface area contributed by atoms with Gasteiger partial charge >= 0.3 is 0 Å². The second-order valence-corrected chi connectivity index (χ2v) is 11.0. The summed E-state index contributed by atoms with van der Waals surface area (Å²) >= 11 is 6.18. The largest absolute Gasteiger partial charge is 0.309 e. The van der Waals surface area contributed by atoms with Gasteiger partial charge in [-0.3, -0.25) is 4.79 Å². The third-order valence-corrected chi connectivity index (χ3v) is 8.45. The molecule has 0 aliphatic heterocycles. The first-order valence-electron chi connectivity index (χ1n) is 9.35. The number of nitrogens with one attached hydrogen (secondary N) is 2. The molecular weight excluding hydrogens is 372 g/mol. The third kappa shape index (κ3) is 3.64. The molecule has 0 heterocycles. The summed E-state index contributed by atoms with van der Waals surface area (Å²) in [4.78, 5) is 12.1. The molecule has 4 aliphatic rings. The van der Waals surface area contributed by atoms with Crippen LogP contribution in [0, 0.1) is 17.8 Å². The maximum atomic E-state index is 12.4. The maximum Gasteiger partial charge on any atom is 0.264 e. The number of hydrogen-bond donors (Lipinski definition) is 2. The number of amides is 1. The molecule has 5 rings (SSSR count). The quantitative estimate of drug-likeness (QED) is 0.725. The fourth-order valence-electron chi connectivity index (χ4n) is 5.58. The van der Waals surface area contributed by atoms with Crippen LogP contribution in [0.3, 0.4) is 0 Å². The van der Waals surface area contributed by atoms with E-state index >= 15 is 0 Å². The summed E-state index contributed by atoms with van der Waals surface area (Å²) in [5.41, 5.74) is 0.342. The van der Waals surface area contributed by atoms with Gasteiger partial charge in [-0.2, -0.15) is 0 Å². The lowest BCUT2D eigenvalue weighted by Crippen LogP contribution is -2.59. The zero-order chi connectivity index (χ0) is 18.4. The highest BCUT2D eigenvalue weighted by Gasteiger charge is 2.50. The summed E-state index contributed by atoms with van der Waals surface area (Å²) in [6.07, 6.45) is 7.36. The topological polar surface area (TPSA) is 75.3 Å². The first kappa shape index (κ1) is 18.3. The molecule has 0 spiro atoms. The van der Waals surface area contributed by atoms with Crippen LogP contribution in [0.5, 0.6) is 0 Å². The molecule has 4 bridgehead atoms. The predicted octanol–water partition coefficient (Wildman–Crippen LogP) is 2.87. The SMILES string of the molecule is O=C(NS(=O)(=O)C(Cl)CNC12CC3CC(CC(C3)C1)C2)c1ccccc1. The lowest BCUT2D eigenvalue weighted by Gasteiger charge is -2.57. The van der Waals surface area contributed by atoms with Gasteiger partial charge in [-0.1, -0.05) is 18.2 Å². The first-order valence-corrected chi connectivity index (χ1v) is 11.3. The van der Waals surface area contributed by atoms with E-state index in [0.29, 0.717) is 5.56 Å². The Morgan fingerprint density at radius 2 is 1.62 bits per heavy atom. The van der Waals surface area contributed by atoms with Crippen molar-refractivity contribution in [2.45, 2.75) is 48.8 Å². The van der Waals surface area contributed by atoms with Crippen molar-refractivity contribution in [1.29, 1.82) is 0 Å². The Hall–Kier alpha value is -1.11. The van der Waals surface area contributed by atoms with Crippen molar-refractivity contribution in [2.75, 3.05) is 6.54 Å². The van der Waals surface area contributed by atoms with Crippen molar-refractivity contribution in [3.8, 4) is 0 Å². The van der Waals surface area contributed by atoms with Crippen LogP contribution in [-0.4, -0.2) is 31.1 Å². The Kier molecular flexibility index (Phi) is 4.78. The third-order valence-electron chi connectivity index (χ3n) is 6.28. The van der Waals surface area contributed by atoms with Gasteiger partial charge in [0.05, 0.1) is 0 Å². The van der Waals surface area contributed by atoms with Gasteiger partial charge in [-0.15, -0.1) is 11.6 Å². The minimum atomic E-state index is -3.94. The van der Waals surface area contributed by atoms with Crippen LogP contribution in [0.1, 0.15) is 48.9 Å². The number of sulfonamides is 1. The molecule has 26 heavy (non-hydrogen) atoms. The molecule has 7 heteroatoms. The van der Waals surface area contributed by atoms with Gasteiger partial charge in [0.15, 0.2) is 4.71 Å². The highest BCUT2D eigenvalue weighted by molar-refractivity contribution is 7.92. The van der Waals surface area contributed by atoms with Gasteiger partial charge in [0, 0.05) is 17.6 Å². The number of carbonyl (C=O) groups is 1. The normalized spacial score (nSPS) is 33.8. The molecule has 4 saturated carbocycles. The Morgan fingerprint density at radius 3 is 2.15 bits per heavy atom. The van der Waals surface area contributed by atoms with E-state index in [1.165, 1.54) is 19.3 Å². The number of halogens is 1. The monoisotopic (exact) mass is 396 g/mol. The van der Waals surface area contributed by atoms with Crippen LogP contribution in [0.4, 0.5) is 0 Å². The van der Waals surface area contributed by atoms with Crippen molar-refractivity contribution in [3.05, 3.63) is 35.9 Å². The average molecular weight is 397 g/mol. The van der Waals surface area contributed by atoms with E-state index < -0.39 is 20.6 Å². The molecule has 1 aromatic carbocycles. The summed E-state index contributed by atoms with van der Waals surface area (Å²) in [5.74, 6) is 1.68. The summed E-state index contributed by atoms with van der Waals surface area (Å²) < 4.78 is 25.8. The maximum absolute atomic E-state index is 12.4. The zero-order valence-electron chi connectivity index (χ0n) is 14.7. The summed E-state index contributed by atoms with van der Waals surface area (Å²) in [6, 6.07) is 8.29. The number of hydrogen-bond acceptors (Lipinski definition) is 4. The molecule has 5 nitrogen and oxygen atoms in total. The summed E-state index contributed by atoms with van der Waals surface area (Å²) in [5, 5.41) is 3.48. The predicted molar refractivity (Wildman–Crippen MR) is 101 cm³/mol. The molecule has 4 fully saturated rings. The van der Waals surface area contributed by atoms with Gasteiger partial charge < -0.3 is 5.32 Å². The molecule has 1 amide bonds. The van der Waals surface area contributed by atoms with Gasteiger partial charge in [-0.05, 0) is 68.4 Å². The Bertz CT molecular complexity index is 746. The van der Waals surface area contributed by atoms with Crippen molar-refractivity contribution < 1.29 is 13.2 Å². The van der Waals surface area contributed by atoms with Crippen LogP contribution in [-0.2, 0) is 10.0 Å². The van der Waals surface area contributed by atoms with Crippen molar-refractivity contribution >= 4 is 27.5 Å². The van der Waals surface area contributed by atoms with E-state index in [9.17, 15) is 13.2 Å². The van der Waals surface area contributed by atoms with Crippen LogP contribution in [0.15, 0.2) is 30.3 Å².